The molecule has 0 aliphatic carbocycles. The maximum Gasteiger partial charge on any atom is 0.366 e. The lowest BCUT2D eigenvalue weighted by molar-refractivity contribution is -0.154. The zero-order valence-electron chi connectivity index (χ0n) is 19.5. The first-order valence-corrected chi connectivity index (χ1v) is 10.5. The molecule has 0 heterocycles. The maximum absolute atomic E-state index is 13.2. The molecule has 2 amide bonds. The number of aryl methyl sites for hydroxylation is 3. The fourth-order valence-electron chi connectivity index (χ4n) is 3.42. The van der Waals surface area contributed by atoms with E-state index >= 15 is 0 Å². The van der Waals surface area contributed by atoms with Gasteiger partial charge < -0.3 is 4.84 Å². The van der Waals surface area contributed by atoms with Crippen molar-refractivity contribution in [1.82, 2.24) is 10.6 Å². The Balaban J connectivity index is 2.39. The van der Waals surface area contributed by atoms with Crippen LogP contribution in [0, 0.1) is 33.1 Å². The van der Waals surface area contributed by atoms with Gasteiger partial charge in [-0.3, -0.25) is 9.59 Å². The molecular weight excluding hydrogens is 392 g/mol. The number of carbonyl (C=O) groups is 3. The van der Waals surface area contributed by atoms with Crippen molar-refractivity contribution >= 4 is 17.8 Å². The number of rotatable bonds is 5. The number of hydroxylamine groups is 1. The second-order valence-corrected chi connectivity index (χ2v) is 8.68. The van der Waals surface area contributed by atoms with Gasteiger partial charge in [0.15, 0.2) is 0 Å². The van der Waals surface area contributed by atoms with Crippen LogP contribution in [0.4, 0.5) is 0 Å². The molecule has 2 aromatic carbocycles. The van der Waals surface area contributed by atoms with Crippen molar-refractivity contribution in [3.05, 3.63) is 69.8 Å². The summed E-state index contributed by atoms with van der Waals surface area (Å²) in [6.07, 6.45) is 1.42. The van der Waals surface area contributed by atoms with Gasteiger partial charge in [0, 0.05) is 11.0 Å². The second kappa shape index (κ2) is 9.77. The molecule has 0 aliphatic heterocycles. The van der Waals surface area contributed by atoms with E-state index in [2.05, 4.69) is 5.43 Å². The minimum absolute atomic E-state index is 0.319. The van der Waals surface area contributed by atoms with Crippen molar-refractivity contribution in [1.29, 1.82) is 0 Å². The number of nitrogens with one attached hydrogen (secondary N) is 1. The van der Waals surface area contributed by atoms with Gasteiger partial charge in [0.1, 0.15) is 0 Å². The number of benzene rings is 2. The zero-order valence-corrected chi connectivity index (χ0v) is 19.5. The summed E-state index contributed by atoms with van der Waals surface area (Å²) >= 11 is 0. The summed E-state index contributed by atoms with van der Waals surface area (Å²) < 4.78 is 0. The highest BCUT2D eigenvalue weighted by Crippen LogP contribution is 2.23. The Morgan fingerprint density at radius 1 is 1.00 bits per heavy atom. The number of hydrogen-bond donors (Lipinski definition) is 1. The van der Waals surface area contributed by atoms with Crippen LogP contribution in [0.3, 0.4) is 0 Å². The molecule has 0 saturated heterocycles. The summed E-state index contributed by atoms with van der Waals surface area (Å²) in [4.78, 5) is 44.4. The summed E-state index contributed by atoms with van der Waals surface area (Å²) in [6.45, 7) is 13.0. The van der Waals surface area contributed by atoms with Gasteiger partial charge in [-0.1, -0.05) is 61.7 Å². The van der Waals surface area contributed by atoms with E-state index in [0.29, 0.717) is 22.7 Å². The summed E-state index contributed by atoms with van der Waals surface area (Å²) in [6, 6.07) is 10.6. The van der Waals surface area contributed by atoms with Gasteiger partial charge in [0.25, 0.3) is 0 Å². The van der Waals surface area contributed by atoms with Crippen LogP contribution in [0.2, 0.25) is 0 Å². The number of hydrogen-bond acceptors (Lipinski definition) is 4. The van der Waals surface area contributed by atoms with Crippen molar-refractivity contribution in [2.24, 2.45) is 5.41 Å². The van der Waals surface area contributed by atoms with E-state index in [1.165, 1.54) is 0 Å². The van der Waals surface area contributed by atoms with Crippen molar-refractivity contribution < 1.29 is 19.2 Å². The highest BCUT2D eigenvalue weighted by atomic mass is 16.7. The third-order valence-electron chi connectivity index (χ3n) is 5.34. The van der Waals surface area contributed by atoms with E-state index in [9.17, 15) is 14.4 Å². The van der Waals surface area contributed by atoms with Gasteiger partial charge in [0.05, 0.1) is 5.56 Å². The van der Waals surface area contributed by atoms with Gasteiger partial charge >= 0.3 is 11.9 Å². The van der Waals surface area contributed by atoms with E-state index in [0.717, 1.165) is 28.7 Å². The van der Waals surface area contributed by atoms with Crippen molar-refractivity contribution in [3.8, 4) is 0 Å². The van der Waals surface area contributed by atoms with E-state index in [-0.39, 0.29) is 0 Å². The Labute approximate surface area is 184 Å². The molecule has 0 bridgehead atoms. The van der Waals surface area contributed by atoms with E-state index in [4.69, 9.17) is 4.84 Å². The Hall–Kier alpha value is -3.15. The van der Waals surface area contributed by atoms with E-state index < -0.39 is 23.2 Å². The van der Waals surface area contributed by atoms with Crippen LogP contribution in [0.1, 0.15) is 76.6 Å². The SMILES string of the molecule is CCCC(C)(C)C(=O)NN(OC(=O)c1cccc(C)c1C)C(=O)c1cc(C)cc(C)c1. The third kappa shape index (κ3) is 5.94. The quantitative estimate of drug-likeness (QED) is 0.686. The normalized spacial score (nSPS) is 11.1. The second-order valence-electron chi connectivity index (χ2n) is 8.68. The largest absolute Gasteiger partial charge is 0.366 e. The van der Waals surface area contributed by atoms with Crippen molar-refractivity contribution in [2.45, 2.75) is 61.3 Å². The number of carbonyl (C=O) groups excluding carboxylic acids is 3. The molecule has 0 aromatic heterocycles. The van der Waals surface area contributed by atoms with Crippen LogP contribution in [-0.4, -0.2) is 23.0 Å². The van der Waals surface area contributed by atoms with Crippen molar-refractivity contribution in [2.75, 3.05) is 0 Å². The third-order valence-corrected chi connectivity index (χ3v) is 5.34. The van der Waals surface area contributed by atoms with Crippen LogP contribution in [0.25, 0.3) is 0 Å². The smallest absolute Gasteiger partial charge is 0.312 e. The fourth-order valence-corrected chi connectivity index (χ4v) is 3.42. The molecule has 1 N–H and O–H groups in total. The van der Waals surface area contributed by atoms with Crippen molar-refractivity contribution in [3.63, 3.8) is 0 Å². The highest BCUT2D eigenvalue weighted by Gasteiger charge is 2.32. The molecule has 6 heteroatoms. The Bertz CT molecular complexity index is 975. The molecule has 0 saturated carbocycles. The molecule has 0 radical (unpaired) electrons. The van der Waals surface area contributed by atoms with Crippen LogP contribution >= 0.6 is 0 Å². The summed E-state index contributed by atoms with van der Waals surface area (Å²) in [5.41, 5.74) is 5.89. The Kier molecular flexibility index (Phi) is 7.60. The predicted octanol–water partition coefficient (Wildman–Crippen LogP) is 4.99. The standard InChI is InChI=1S/C25H32N2O4/c1-8-12-25(6,7)24(30)26-27(22(28)20-14-16(2)13-17(3)15-20)31-23(29)21-11-9-10-18(4)19(21)5/h9-11,13-15H,8,12H2,1-7H3,(H,26,30). The summed E-state index contributed by atoms with van der Waals surface area (Å²) in [5, 5.41) is 0.665. The number of nitrogens with zero attached hydrogens (tertiary/aromatic N) is 1. The lowest BCUT2D eigenvalue weighted by atomic mass is 9.87. The number of amides is 2. The first-order chi connectivity index (χ1) is 14.5. The highest BCUT2D eigenvalue weighted by molar-refractivity contribution is 5.98. The van der Waals surface area contributed by atoms with Crippen LogP contribution in [0.15, 0.2) is 36.4 Å². The minimum Gasteiger partial charge on any atom is -0.312 e. The molecule has 166 valence electrons. The van der Waals surface area contributed by atoms with Gasteiger partial charge in [-0.25, -0.2) is 10.2 Å². The average molecular weight is 425 g/mol. The predicted molar refractivity (Wildman–Crippen MR) is 120 cm³/mol. The molecule has 0 unspecified atom stereocenters. The molecule has 2 aromatic rings. The van der Waals surface area contributed by atoms with Crippen LogP contribution < -0.4 is 5.43 Å². The average Bonchev–Trinajstić information content (AvgIpc) is 2.68. The Morgan fingerprint density at radius 3 is 2.19 bits per heavy atom. The lowest BCUT2D eigenvalue weighted by Crippen LogP contribution is -2.51. The zero-order chi connectivity index (χ0) is 23.3. The topological polar surface area (TPSA) is 75.7 Å². The molecular formula is C25H32N2O4. The van der Waals surface area contributed by atoms with E-state index in [1.807, 2.05) is 46.8 Å². The molecule has 0 aliphatic rings. The Morgan fingerprint density at radius 2 is 1.61 bits per heavy atom. The summed E-state index contributed by atoms with van der Waals surface area (Å²) in [5.74, 6) is -1.74. The summed E-state index contributed by atoms with van der Waals surface area (Å²) in [7, 11) is 0. The minimum atomic E-state index is -0.735. The molecule has 0 spiro atoms. The van der Waals surface area contributed by atoms with Crippen LogP contribution in [-0.2, 0) is 9.63 Å². The van der Waals surface area contributed by atoms with Gasteiger partial charge in [-0.15, -0.1) is 0 Å². The molecule has 0 fully saturated rings. The lowest BCUT2D eigenvalue weighted by Gasteiger charge is -2.28. The maximum atomic E-state index is 13.2. The molecule has 0 atom stereocenters. The van der Waals surface area contributed by atoms with Gasteiger partial charge in [-0.05, 0) is 63.4 Å². The molecule has 6 nitrogen and oxygen atoms in total. The first-order valence-electron chi connectivity index (χ1n) is 10.5. The van der Waals surface area contributed by atoms with E-state index in [1.54, 1.807) is 38.1 Å². The molecule has 31 heavy (non-hydrogen) atoms. The monoisotopic (exact) mass is 424 g/mol. The number of hydrazine groups is 1. The fraction of sp³-hybridized carbons (Fsp3) is 0.400. The first kappa shape index (κ1) is 24.1. The van der Waals surface area contributed by atoms with Gasteiger partial charge in [-0.2, -0.15) is 0 Å². The van der Waals surface area contributed by atoms with Crippen LogP contribution in [0.5, 0.6) is 0 Å². The van der Waals surface area contributed by atoms with Gasteiger partial charge in [0.2, 0.25) is 5.91 Å². The molecule has 2 rings (SSSR count).